The maximum atomic E-state index is 10.7. The third-order valence-corrected chi connectivity index (χ3v) is 3.61. The van der Waals surface area contributed by atoms with Crippen LogP contribution in [0.2, 0.25) is 0 Å². The molecule has 4 heteroatoms. The van der Waals surface area contributed by atoms with Crippen LogP contribution in [0.3, 0.4) is 0 Å². The molecule has 0 aliphatic carbocycles. The van der Waals surface area contributed by atoms with Crippen molar-refractivity contribution in [3.05, 3.63) is 52.5 Å². The van der Waals surface area contributed by atoms with Crippen LogP contribution in [0.15, 0.2) is 52.5 Å². The molecular formula is C15H13BrO3. The highest BCUT2D eigenvalue weighted by Gasteiger charge is 2.05. The van der Waals surface area contributed by atoms with Gasteiger partial charge in [0.05, 0.1) is 4.47 Å². The van der Waals surface area contributed by atoms with E-state index in [9.17, 15) is 4.79 Å². The molecule has 0 aliphatic rings. The molecule has 0 atom stereocenters. The predicted molar refractivity (Wildman–Crippen MR) is 78.5 cm³/mol. The van der Waals surface area contributed by atoms with Crippen molar-refractivity contribution >= 4 is 32.7 Å². The van der Waals surface area contributed by atoms with E-state index in [0.29, 0.717) is 5.75 Å². The number of aliphatic carboxylic acids is 1. The molecule has 0 aromatic heterocycles. The monoisotopic (exact) mass is 320 g/mol. The molecule has 2 aromatic rings. The number of fused-ring (bicyclic) bond motifs is 1. The minimum absolute atomic E-state index is 0.231. The zero-order valence-corrected chi connectivity index (χ0v) is 12.0. The van der Waals surface area contributed by atoms with Crippen LogP contribution in [0.1, 0.15) is 6.92 Å². The second kappa shape index (κ2) is 5.89. The molecule has 0 amide bonds. The Morgan fingerprint density at radius 3 is 2.79 bits per heavy atom. The molecule has 0 spiro atoms. The predicted octanol–water partition coefficient (Wildman–Crippen LogP) is 4.01. The SMILES string of the molecule is CC(=CCOc1ccc2ccccc2c1Br)C(=O)O. The van der Waals surface area contributed by atoms with E-state index < -0.39 is 5.97 Å². The Morgan fingerprint density at radius 2 is 2.05 bits per heavy atom. The van der Waals surface area contributed by atoms with Crippen molar-refractivity contribution in [3.8, 4) is 5.75 Å². The number of hydrogen-bond acceptors (Lipinski definition) is 2. The minimum Gasteiger partial charge on any atom is -0.488 e. The van der Waals surface area contributed by atoms with Crippen molar-refractivity contribution in [1.29, 1.82) is 0 Å². The summed E-state index contributed by atoms with van der Waals surface area (Å²) in [6, 6.07) is 11.8. The summed E-state index contributed by atoms with van der Waals surface area (Å²) in [4.78, 5) is 10.7. The first kappa shape index (κ1) is 13.6. The van der Waals surface area contributed by atoms with E-state index >= 15 is 0 Å². The van der Waals surface area contributed by atoms with Crippen molar-refractivity contribution in [1.82, 2.24) is 0 Å². The van der Waals surface area contributed by atoms with E-state index in [0.717, 1.165) is 15.2 Å². The lowest BCUT2D eigenvalue weighted by atomic mass is 10.1. The van der Waals surface area contributed by atoms with Gasteiger partial charge in [-0.3, -0.25) is 0 Å². The van der Waals surface area contributed by atoms with Gasteiger partial charge in [-0.1, -0.05) is 30.3 Å². The van der Waals surface area contributed by atoms with Gasteiger partial charge in [-0.15, -0.1) is 0 Å². The quantitative estimate of drug-likeness (QED) is 0.866. The molecule has 0 saturated heterocycles. The fourth-order valence-corrected chi connectivity index (χ4v) is 2.28. The van der Waals surface area contributed by atoms with Crippen molar-refractivity contribution in [3.63, 3.8) is 0 Å². The number of carboxylic acids is 1. The third-order valence-electron chi connectivity index (χ3n) is 2.79. The summed E-state index contributed by atoms with van der Waals surface area (Å²) in [5, 5.41) is 10.9. The Labute approximate surface area is 119 Å². The van der Waals surface area contributed by atoms with Crippen LogP contribution in [0, 0.1) is 0 Å². The summed E-state index contributed by atoms with van der Waals surface area (Å²) in [5.74, 6) is -0.227. The molecule has 3 nitrogen and oxygen atoms in total. The molecule has 0 bridgehead atoms. The van der Waals surface area contributed by atoms with Crippen LogP contribution in [-0.2, 0) is 4.79 Å². The third kappa shape index (κ3) is 3.15. The van der Waals surface area contributed by atoms with Crippen LogP contribution >= 0.6 is 15.9 Å². The summed E-state index contributed by atoms with van der Waals surface area (Å²) in [5.41, 5.74) is 0.275. The number of hydrogen-bond donors (Lipinski definition) is 1. The molecule has 0 heterocycles. The van der Waals surface area contributed by atoms with Gasteiger partial charge in [0.1, 0.15) is 12.4 Å². The lowest BCUT2D eigenvalue weighted by Crippen LogP contribution is -2.01. The Hall–Kier alpha value is -1.81. The topological polar surface area (TPSA) is 46.5 Å². The highest BCUT2D eigenvalue weighted by Crippen LogP contribution is 2.32. The van der Waals surface area contributed by atoms with E-state index in [-0.39, 0.29) is 12.2 Å². The van der Waals surface area contributed by atoms with Crippen LogP contribution in [0.25, 0.3) is 10.8 Å². The lowest BCUT2D eigenvalue weighted by molar-refractivity contribution is -0.132. The Bertz CT molecular complexity index is 647. The second-order valence-corrected chi connectivity index (χ2v) is 4.90. The normalized spacial score (nSPS) is 11.6. The average Bonchev–Trinajstić information content (AvgIpc) is 2.41. The molecule has 0 saturated carbocycles. The minimum atomic E-state index is -0.929. The van der Waals surface area contributed by atoms with Crippen LogP contribution in [0.4, 0.5) is 0 Å². The van der Waals surface area contributed by atoms with Gasteiger partial charge in [0.15, 0.2) is 0 Å². The van der Waals surface area contributed by atoms with Gasteiger partial charge in [0, 0.05) is 5.57 Å². The Kier molecular flexibility index (Phi) is 4.22. The fraction of sp³-hybridized carbons (Fsp3) is 0.133. The molecule has 0 aliphatic heterocycles. The summed E-state index contributed by atoms with van der Waals surface area (Å²) < 4.78 is 6.46. The molecule has 1 N–H and O–H groups in total. The number of rotatable bonds is 4. The molecule has 98 valence electrons. The standard InChI is InChI=1S/C15H13BrO3/c1-10(15(17)18)8-9-19-13-7-6-11-4-2-3-5-12(11)14(13)16/h2-8H,9H2,1H3,(H,17,18). The number of benzene rings is 2. The first-order valence-electron chi connectivity index (χ1n) is 5.79. The maximum Gasteiger partial charge on any atom is 0.331 e. The van der Waals surface area contributed by atoms with Gasteiger partial charge < -0.3 is 9.84 Å². The average molecular weight is 321 g/mol. The zero-order valence-electron chi connectivity index (χ0n) is 10.4. The summed E-state index contributed by atoms with van der Waals surface area (Å²) >= 11 is 3.52. The highest BCUT2D eigenvalue weighted by molar-refractivity contribution is 9.10. The van der Waals surface area contributed by atoms with E-state index in [1.54, 1.807) is 13.0 Å². The number of halogens is 1. The van der Waals surface area contributed by atoms with E-state index in [1.165, 1.54) is 0 Å². The number of carbonyl (C=O) groups is 1. The maximum absolute atomic E-state index is 10.7. The smallest absolute Gasteiger partial charge is 0.331 e. The lowest BCUT2D eigenvalue weighted by Gasteiger charge is -2.08. The summed E-state index contributed by atoms with van der Waals surface area (Å²) in [7, 11) is 0. The molecule has 2 rings (SSSR count). The Balaban J connectivity index is 2.20. The van der Waals surface area contributed by atoms with Crippen LogP contribution in [-0.4, -0.2) is 17.7 Å². The van der Waals surface area contributed by atoms with Crippen molar-refractivity contribution in [2.24, 2.45) is 0 Å². The first-order chi connectivity index (χ1) is 9.09. The van der Waals surface area contributed by atoms with Crippen molar-refractivity contribution in [2.45, 2.75) is 6.92 Å². The molecule has 19 heavy (non-hydrogen) atoms. The molecule has 0 radical (unpaired) electrons. The number of carboxylic acid groups (broad SMARTS) is 1. The molecule has 2 aromatic carbocycles. The summed E-state index contributed by atoms with van der Waals surface area (Å²) in [6.07, 6.45) is 1.55. The first-order valence-corrected chi connectivity index (χ1v) is 6.59. The second-order valence-electron chi connectivity index (χ2n) is 4.10. The van der Waals surface area contributed by atoms with Crippen LogP contribution < -0.4 is 4.74 Å². The van der Waals surface area contributed by atoms with Crippen LogP contribution in [0.5, 0.6) is 5.75 Å². The number of ether oxygens (including phenoxy) is 1. The van der Waals surface area contributed by atoms with E-state index in [4.69, 9.17) is 9.84 Å². The van der Waals surface area contributed by atoms with Gasteiger partial charge in [-0.25, -0.2) is 4.79 Å². The van der Waals surface area contributed by atoms with Crippen molar-refractivity contribution < 1.29 is 14.6 Å². The molecular weight excluding hydrogens is 308 g/mol. The van der Waals surface area contributed by atoms with Gasteiger partial charge in [0.25, 0.3) is 0 Å². The van der Waals surface area contributed by atoms with Gasteiger partial charge in [-0.2, -0.15) is 0 Å². The molecule has 0 fully saturated rings. The van der Waals surface area contributed by atoms with E-state index in [1.807, 2.05) is 36.4 Å². The van der Waals surface area contributed by atoms with Gasteiger partial charge in [-0.05, 0) is 45.8 Å². The molecule has 0 unspecified atom stereocenters. The van der Waals surface area contributed by atoms with Gasteiger partial charge >= 0.3 is 5.97 Å². The summed E-state index contributed by atoms with van der Waals surface area (Å²) in [6.45, 7) is 1.77. The highest BCUT2D eigenvalue weighted by atomic mass is 79.9. The zero-order chi connectivity index (χ0) is 13.8. The van der Waals surface area contributed by atoms with E-state index in [2.05, 4.69) is 15.9 Å². The fourth-order valence-electron chi connectivity index (χ4n) is 1.67. The van der Waals surface area contributed by atoms with Crippen molar-refractivity contribution in [2.75, 3.05) is 6.61 Å². The Morgan fingerprint density at radius 1 is 1.32 bits per heavy atom. The van der Waals surface area contributed by atoms with Gasteiger partial charge in [0.2, 0.25) is 0 Å². The largest absolute Gasteiger partial charge is 0.488 e.